The number of allylic oxidation sites excluding steroid dienone is 3. The van der Waals surface area contributed by atoms with Crippen LogP contribution in [0.15, 0.2) is 115 Å². The largest absolute Gasteiger partial charge is 0.481 e. The van der Waals surface area contributed by atoms with E-state index < -0.39 is 59.8 Å². The monoisotopic (exact) mass is 1340 g/mol. The van der Waals surface area contributed by atoms with Crippen molar-refractivity contribution in [2.75, 3.05) is 35.8 Å². The topological polar surface area (TPSA) is 226 Å². The third-order valence-corrected chi connectivity index (χ3v) is 18.8. The first-order chi connectivity index (χ1) is 42.7. The minimum absolute atomic E-state index is 0. The van der Waals surface area contributed by atoms with E-state index in [1.54, 1.807) is 13.8 Å². The number of carbonyl (C=O) groups is 4. The van der Waals surface area contributed by atoms with Crippen molar-refractivity contribution < 1.29 is 81.7 Å². The lowest BCUT2D eigenvalue weighted by molar-refractivity contribution is -0.160. The Morgan fingerprint density at radius 2 is 1.15 bits per heavy atom. The van der Waals surface area contributed by atoms with Crippen molar-refractivity contribution in [3.8, 4) is 0 Å². The molecule has 5 aromatic rings. The Labute approximate surface area is 543 Å². The van der Waals surface area contributed by atoms with Gasteiger partial charge in [0.15, 0.2) is 20.0 Å². The van der Waals surface area contributed by atoms with E-state index >= 15 is 0 Å². The summed E-state index contributed by atoms with van der Waals surface area (Å²) >= 11 is 0. The third kappa shape index (κ3) is 20.9. The Morgan fingerprint density at radius 1 is 0.656 bits per heavy atom. The van der Waals surface area contributed by atoms with E-state index in [-0.39, 0.29) is 57.6 Å². The fraction of sp³-hybridized carbons (Fsp3) is 0.449. The molecule has 2 unspecified atom stereocenters. The van der Waals surface area contributed by atoms with E-state index in [2.05, 4.69) is 173 Å². The molecule has 16 nitrogen and oxygen atoms in total. The van der Waals surface area contributed by atoms with Gasteiger partial charge in [-0.3, -0.25) is 19.2 Å². The van der Waals surface area contributed by atoms with Crippen LogP contribution in [0.3, 0.4) is 0 Å². The molecule has 5 aromatic carbocycles. The number of benzene rings is 5. The van der Waals surface area contributed by atoms with Crippen molar-refractivity contribution in [3.05, 3.63) is 163 Å². The molecule has 2 atom stereocenters. The van der Waals surface area contributed by atoms with Crippen molar-refractivity contribution in [2.45, 2.75) is 171 Å². The van der Waals surface area contributed by atoms with E-state index in [1.165, 1.54) is 39.1 Å². The lowest BCUT2D eigenvalue weighted by Gasteiger charge is -2.33. The van der Waals surface area contributed by atoms with E-state index in [0.717, 1.165) is 79.9 Å². The molecule has 510 valence electrons. The van der Waals surface area contributed by atoms with Gasteiger partial charge in [-0.15, -0.1) is 0 Å². The second-order valence-electron chi connectivity index (χ2n) is 24.2. The molecule has 0 heterocycles. The summed E-state index contributed by atoms with van der Waals surface area (Å²) in [6.07, 6.45) is 13.4. The molecule has 0 spiro atoms. The normalized spacial score (nSPS) is 15.9. The molecule has 2 aliphatic rings. The standard InChI is InChI=1S/C60H71N3O6.C6H12O2.C2F6NO4S2.CH4/c1-11-60(8,9)59(66)68-33-32-67-54(64)30-31-55(65)69-53-19-15-14-18-52(53)62-51-29-28-50(48-16-12-13-17-49(48)51)56(44-20-24-46(25-21-44)61-57-40(4)34-38(2)35-41(57)5)45-22-26-47(27-23-45)63(10)58-42(6)36-39(3)37-43(58)7;1-4-6(2,3)5(7)8;3-1(4,5)14(10,11)9-15(12,13)2(6,7)8;/h12-13,16-17,20-29,34-37,47,52-53,61-62H,11,14-15,18-19,30-33H2,1-10H3;4H2,1-3H3,(H,7,8);;1H4/q;;-1;. The van der Waals surface area contributed by atoms with Crippen molar-refractivity contribution in [2.24, 2.45) is 10.8 Å². The Morgan fingerprint density at radius 3 is 1.66 bits per heavy atom. The van der Waals surface area contributed by atoms with Crippen LogP contribution in [-0.2, 0) is 53.4 Å². The number of fused-ring (bicyclic) bond motifs is 1. The van der Waals surface area contributed by atoms with Gasteiger partial charge in [-0.2, -0.15) is 26.3 Å². The van der Waals surface area contributed by atoms with Gasteiger partial charge in [-0.05, 0) is 169 Å². The molecule has 0 aliphatic heterocycles. The quantitative estimate of drug-likeness (QED) is 0.0269. The van der Waals surface area contributed by atoms with Crippen molar-refractivity contribution in [1.82, 2.24) is 0 Å². The number of sulfonamides is 2. The van der Waals surface area contributed by atoms with Crippen LogP contribution in [0, 0.1) is 52.4 Å². The fourth-order valence-electron chi connectivity index (χ4n) is 10.3. The number of carboxylic acids is 1. The number of carboxylic acid groups (broad SMARTS) is 1. The molecule has 0 aromatic heterocycles. The van der Waals surface area contributed by atoms with E-state index in [0.29, 0.717) is 12.8 Å². The third-order valence-electron chi connectivity index (χ3n) is 16.1. The maximum atomic E-state index is 13.2. The van der Waals surface area contributed by atoms with Crippen LogP contribution in [0.4, 0.5) is 49.1 Å². The molecule has 1 saturated carbocycles. The predicted molar refractivity (Wildman–Crippen MR) is 354 cm³/mol. The van der Waals surface area contributed by atoms with Gasteiger partial charge in [0.25, 0.3) is 0 Å². The maximum Gasteiger partial charge on any atom is 0.480 e. The van der Waals surface area contributed by atoms with Crippen LogP contribution >= 0.6 is 0 Å². The van der Waals surface area contributed by atoms with Gasteiger partial charge in [0.2, 0.25) is 0 Å². The SMILES string of the molecule is C.CCC(C)(C)C(=O)O.CCC(C)(C)C(=O)OCCOC(=O)CCC(=O)OC1CCCCC1Nc1ccc(C(=C2C=CC(N(C)c3c(C)cc(C)cc3C)C=C2)c2ccc(Nc3c(C)cc(C)cc3C)cc2)c2ccccc12.O=S(=O)([N-]S(=O)(=O)C(F)(F)F)C(F)(F)F. The summed E-state index contributed by atoms with van der Waals surface area (Å²) in [4.78, 5) is 50.5. The first-order valence-electron chi connectivity index (χ1n) is 30.0. The first-order valence-corrected chi connectivity index (χ1v) is 32.9. The second-order valence-corrected chi connectivity index (χ2v) is 27.6. The van der Waals surface area contributed by atoms with E-state index in [9.17, 15) is 62.4 Å². The van der Waals surface area contributed by atoms with Crippen LogP contribution < -0.4 is 15.5 Å². The van der Waals surface area contributed by atoms with Crippen LogP contribution in [0.1, 0.15) is 145 Å². The molecular formula is C69H87F6N4O12S2-. The van der Waals surface area contributed by atoms with Crippen molar-refractivity contribution >= 4 is 83.0 Å². The summed E-state index contributed by atoms with van der Waals surface area (Å²) in [6.45, 7) is 23.7. The van der Waals surface area contributed by atoms with Gasteiger partial charge < -0.3 is 39.0 Å². The number of anilines is 4. The number of nitrogens with one attached hydrogen (secondary N) is 2. The lowest BCUT2D eigenvalue weighted by Crippen LogP contribution is -2.39. The van der Waals surface area contributed by atoms with Crippen LogP contribution in [0.2, 0.25) is 0 Å². The number of nitrogens with zero attached hydrogens (tertiary/aromatic N) is 2. The smallest absolute Gasteiger partial charge is 0.480 e. The predicted octanol–water partition coefficient (Wildman–Crippen LogP) is 16.6. The molecule has 0 saturated heterocycles. The number of carbonyl (C=O) groups excluding carboxylic acids is 3. The summed E-state index contributed by atoms with van der Waals surface area (Å²) in [5.41, 5.74) is 2.80. The Balaban J connectivity index is 0.000000650. The summed E-state index contributed by atoms with van der Waals surface area (Å²) < 4.78 is 126. The molecule has 24 heteroatoms. The first kappa shape index (κ1) is 77.7. The number of hydrogen-bond donors (Lipinski definition) is 3. The van der Waals surface area contributed by atoms with E-state index in [4.69, 9.17) is 19.3 Å². The number of likely N-dealkylation sites (N-methyl/N-ethyl adjacent to an activating group) is 1. The Kier molecular flexibility index (Phi) is 27.1. The average Bonchev–Trinajstić information content (AvgIpc) is 0.778. The highest BCUT2D eigenvalue weighted by Gasteiger charge is 2.47. The molecule has 0 bridgehead atoms. The average molecular weight is 1340 g/mol. The van der Waals surface area contributed by atoms with Crippen LogP contribution in [-0.4, -0.2) is 95.3 Å². The number of esters is 3. The Bertz CT molecular complexity index is 3700. The fourth-order valence-corrected chi connectivity index (χ4v) is 12.0. The van der Waals surface area contributed by atoms with Crippen LogP contribution in [0.5, 0.6) is 0 Å². The zero-order valence-corrected chi connectivity index (χ0v) is 55.7. The van der Waals surface area contributed by atoms with Gasteiger partial charge in [0, 0.05) is 35.2 Å². The number of alkyl halides is 6. The summed E-state index contributed by atoms with van der Waals surface area (Å²) in [7, 11) is -11.3. The number of aryl methyl sites for hydroxylation is 6. The van der Waals surface area contributed by atoms with Crippen LogP contribution in [0.25, 0.3) is 20.5 Å². The molecule has 0 amide bonds. The number of hydrogen-bond acceptors (Lipinski definition) is 14. The van der Waals surface area contributed by atoms with Gasteiger partial charge in [-0.1, -0.05) is 130 Å². The minimum atomic E-state index is -6.72. The van der Waals surface area contributed by atoms with Crippen molar-refractivity contribution in [1.29, 1.82) is 0 Å². The highest BCUT2D eigenvalue weighted by Crippen LogP contribution is 2.41. The van der Waals surface area contributed by atoms with Gasteiger partial charge in [-0.25, -0.2) is 16.8 Å². The molecule has 0 radical (unpaired) electrons. The van der Waals surface area contributed by atoms with Gasteiger partial charge >= 0.3 is 34.9 Å². The number of rotatable bonds is 21. The molecule has 2 aliphatic carbocycles. The zero-order chi connectivity index (χ0) is 68.9. The summed E-state index contributed by atoms with van der Waals surface area (Å²) in [5, 5.41) is 18.1. The molecule has 3 N–H and O–H groups in total. The van der Waals surface area contributed by atoms with Gasteiger partial charge in [0.1, 0.15) is 19.3 Å². The maximum absolute atomic E-state index is 13.2. The summed E-state index contributed by atoms with van der Waals surface area (Å²) in [5.74, 6) is -2.02. The van der Waals surface area contributed by atoms with E-state index in [1.807, 2.05) is 27.7 Å². The molecular weight excluding hydrogens is 1250 g/mol. The minimum Gasteiger partial charge on any atom is -0.481 e. The number of ether oxygens (including phenoxy) is 3. The van der Waals surface area contributed by atoms with Gasteiger partial charge in [0.05, 0.1) is 35.8 Å². The molecule has 93 heavy (non-hydrogen) atoms. The lowest BCUT2D eigenvalue weighted by atomic mass is 9.86. The van der Waals surface area contributed by atoms with Crippen molar-refractivity contribution in [3.63, 3.8) is 0 Å². The number of aliphatic carboxylic acids is 1. The highest BCUT2D eigenvalue weighted by atomic mass is 32.3. The zero-order valence-electron chi connectivity index (χ0n) is 54.1. The Hall–Kier alpha value is -7.70. The molecule has 1 fully saturated rings. The number of halogens is 6. The highest BCUT2D eigenvalue weighted by molar-refractivity contribution is 8.13. The molecule has 7 rings (SSSR count). The second kappa shape index (κ2) is 32.4. The summed E-state index contributed by atoms with van der Waals surface area (Å²) in [6, 6.07) is 30.6.